The lowest BCUT2D eigenvalue weighted by Gasteiger charge is -2.09. The van der Waals surface area contributed by atoms with Gasteiger partial charge in [0.2, 0.25) is 0 Å². The van der Waals surface area contributed by atoms with Crippen molar-refractivity contribution >= 4 is 15.9 Å². The van der Waals surface area contributed by atoms with Crippen LogP contribution in [0, 0.1) is 11.3 Å². The molecule has 0 spiro atoms. The maximum absolute atomic E-state index is 8.82. The molecule has 1 N–H and O–H groups in total. The molecule has 0 saturated heterocycles. The maximum Gasteiger partial charge on any atom is 0.141 e. The minimum atomic E-state index is 0.600. The van der Waals surface area contributed by atoms with Crippen molar-refractivity contribution in [3.8, 4) is 17.6 Å². The van der Waals surface area contributed by atoms with Crippen molar-refractivity contribution in [1.82, 2.24) is 5.32 Å². The van der Waals surface area contributed by atoms with Crippen LogP contribution in [0.15, 0.2) is 46.9 Å². The highest BCUT2D eigenvalue weighted by molar-refractivity contribution is 9.10. The zero-order valence-corrected chi connectivity index (χ0v) is 12.1. The summed E-state index contributed by atoms with van der Waals surface area (Å²) < 4.78 is 6.58. The number of nitrogens with one attached hydrogen (secondary N) is 1. The Balaban J connectivity index is 2.21. The standard InChI is InChI=1S/C15H13BrN2O/c1-18-10-12-3-2-4-13(7-12)19-15-6-5-11(9-17)8-14(15)16/h2-8,18H,10H2,1H3. The molecule has 2 aromatic carbocycles. The first-order valence-electron chi connectivity index (χ1n) is 5.84. The van der Waals surface area contributed by atoms with Crippen LogP contribution in [0.1, 0.15) is 11.1 Å². The molecular weight excluding hydrogens is 304 g/mol. The summed E-state index contributed by atoms with van der Waals surface area (Å²) in [6.45, 7) is 0.797. The van der Waals surface area contributed by atoms with Gasteiger partial charge in [-0.15, -0.1) is 0 Å². The van der Waals surface area contributed by atoms with Gasteiger partial charge in [0.25, 0.3) is 0 Å². The van der Waals surface area contributed by atoms with Crippen LogP contribution >= 0.6 is 15.9 Å². The fourth-order valence-electron chi connectivity index (χ4n) is 1.70. The average Bonchev–Trinajstić information content (AvgIpc) is 2.42. The Morgan fingerprint density at radius 1 is 1.26 bits per heavy atom. The summed E-state index contributed by atoms with van der Waals surface area (Å²) in [5.41, 5.74) is 1.76. The van der Waals surface area contributed by atoms with Gasteiger partial charge >= 0.3 is 0 Å². The van der Waals surface area contributed by atoms with E-state index in [-0.39, 0.29) is 0 Å². The van der Waals surface area contributed by atoms with E-state index in [9.17, 15) is 0 Å². The van der Waals surface area contributed by atoms with Crippen LogP contribution in [0.5, 0.6) is 11.5 Å². The van der Waals surface area contributed by atoms with Crippen molar-refractivity contribution in [2.45, 2.75) is 6.54 Å². The van der Waals surface area contributed by atoms with Crippen LogP contribution in [0.25, 0.3) is 0 Å². The molecular formula is C15H13BrN2O. The number of nitrogens with zero attached hydrogens (tertiary/aromatic N) is 1. The molecule has 2 aromatic rings. The third-order valence-electron chi connectivity index (χ3n) is 2.57. The second-order valence-electron chi connectivity index (χ2n) is 4.04. The Morgan fingerprint density at radius 3 is 2.79 bits per heavy atom. The Bertz CT molecular complexity index is 620. The van der Waals surface area contributed by atoms with E-state index >= 15 is 0 Å². The molecule has 0 bridgehead atoms. The fraction of sp³-hybridized carbons (Fsp3) is 0.133. The fourth-order valence-corrected chi connectivity index (χ4v) is 2.16. The molecule has 0 radical (unpaired) electrons. The normalized spacial score (nSPS) is 9.95. The van der Waals surface area contributed by atoms with Gasteiger partial charge in [-0.05, 0) is 58.9 Å². The summed E-state index contributed by atoms with van der Waals surface area (Å²) in [6, 6.07) is 15.2. The molecule has 19 heavy (non-hydrogen) atoms. The van der Waals surface area contributed by atoms with Crippen LogP contribution in [0.2, 0.25) is 0 Å². The van der Waals surface area contributed by atoms with Gasteiger partial charge in [0.15, 0.2) is 0 Å². The molecule has 0 aliphatic rings. The van der Waals surface area contributed by atoms with Gasteiger partial charge in [-0.3, -0.25) is 0 Å². The quantitative estimate of drug-likeness (QED) is 0.932. The van der Waals surface area contributed by atoms with Crippen LogP contribution in [0.4, 0.5) is 0 Å². The van der Waals surface area contributed by atoms with Crippen molar-refractivity contribution in [2.24, 2.45) is 0 Å². The van der Waals surface area contributed by atoms with Crippen molar-refractivity contribution in [3.05, 3.63) is 58.1 Å². The molecule has 0 aromatic heterocycles. The third kappa shape index (κ3) is 3.57. The minimum absolute atomic E-state index is 0.600. The molecule has 3 nitrogen and oxygen atoms in total. The minimum Gasteiger partial charge on any atom is -0.456 e. The number of halogens is 1. The third-order valence-corrected chi connectivity index (χ3v) is 3.19. The first kappa shape index (κ1) is 13.6. The highest BCUT2D eigenvalue weighted by atomic mass is 79.9. The van der Waals surface area contributed by atoms with Gasteiger partial charge in [0.1, 0.15) is 11.5 Å². The van der Waals surface area contributed by atoms with E-state index in [2.05, 4.69) is 27.3 Å². The van der Waals surface area contributed by atoms with Crippen LogP contribution in [-0.4, -0.2) is 7.05 Å². The van der Waals surface area contributed by atoms with E-state index in [1.165, 1.54) is 0 Å². The summed E-state index contributed by atoms with van der Waals surface area (Å²) in [6.07, 6.45) is 0. The summed E-state index contributed by atoms with van der Waals surface area (Å²) in [7, 11) is 1.91. The van der Waals surface area contributed by atoms with Gasteiger partial charge in [0.05, 0.1) is 16.1 Å². The predicted octanol–water partition coefficient (Wildman–Crippen LogP) is 3.83. The van der Waals surface area contributed by atoms with Crippen molar-refractivity contribution in [1.29, 1.82) is 5.26 Å². The Hall–Kier alpha value is -1.83. The molecule has 0 saturated carbocycles. The summed E-state index contributed by atoms with van der Waals surface area (Å²) >= 11 is 3.41. The molecule has 4 heteroatoms. The topological polar surface area (TPSA) is 45.0 Å². The Kier molecular flexibility index (Phi) is 4.56. The zero-order valence-electron chi connectivity index (χ0n) is 10.5. The molecule has 0 fully saturated rings. The Morgan fingerprint density at radius 2 is 2.11 bits per heavy atom. The summed E-state index contributed by atoms with van der Waals surface area (Å²) in [5.74, 6) is 1.47. The number of ether oxygens (including phenoxy) is 1. The van der Waals surface area contributed by atoms with E-state index in [4.69, 9.17) is 10.00 Å². The first-order chi connectivity index (χ1) is 9.22. The van der Waals surface area contributed by atoms with Crippen LogP contribution in [-0.2, 0) is 6.54 Å². The average molecular weight is 317 g/mol. The van der Waals surface area contributed by atoms with Crippen molar-refractivity contribution in [3.63, 3.8) is 0 Å². The van der Waals surface area contributed by atoms with E-state index in [0.717, 1.165) is 22.3 Å². The lowest BCUT2D eigenvalue weighted by Crippen LogP contribution is -2.04. The van der Waals surface area contributed by atoms with E-state index in [1.807, 2.05) is 31.3 Å². The predicted molar refractivity (Wildman–Crippen MR) is 78.1 cm³/mol. The molecule has 0 aliphatic heterocycles. The van der Waals surface area contributed by atoms with Gasteiger partial charge < -0.3 is 10.1 Å². The lowest BCUT2D eigenvalue weighted by molar-refractivity contribution is 0.478. The SMILES string of the molecule is CNCc1cccc(Oc2ccc(C#N)cc2Br)c1. The lowest BCUT2D eigenvalue weighted by atomic mass is 10.2. The molecule has 0 unspecified atom stereocenters. The van der Waals surface area contributed by atoms with Crippen molar-refractivity contribution < 1.29 is 4.74 Å². The summed E-state index contributed by atoms with van der Waals surface area (Å²) in [5, 5.41) is 11.9. The molecule has 0 atom stereocenters. The summed E-state index contributed by atoms with van der Waals surface area (Å²) in [4.78, 5) is 0. The number of rotatable bonds is 4. The first-order valence-corrected chi connectivity index (χ1v) is 6.63. The van der Waals surface area contributed by atoms with E-state index < -0.39 is 0 Å². The number of nitriles is 1. The van der Waals surface area contributed by atoms with E-state index in [1.54, 1.807) is 18.2 Å². The zero-order chi connectivity index (χ0) is 13.7. The molecule has 0 amide bonds. The molecule has 0 heterocycles. The second-order valence-corrected chi connectivity index (χ2v) is 4.89. The van der Waals surface area contributed by atoms with Gasteiger partial charge in [-0.25, -0.2) is 0 Å². The van der Waals surface area contributed by atoms with Gasteiger partial charge in [-0.1, -0.05) is 12.1 Å². The van der Waals surface area contributed by atoms with E-state index in [0.29, 0.717) is 11.3 Å². The van der Waals surface area contributed by atoms with Gasteiger partial charge in [0, 0.05) is 6.54 Å². The molecule has 96 valence electrons. The highest BCUT2D eigenvalue weighted by Gasteiger charge is 2.04. The van der Waals surface area contributed by atoms with Crippen LogP contribution in [0.3, 0.4) is 0 Å². The maximum atomic E-state index is 8.82. The number of benzene rings is 2. The highest BCUT2D eigenvalue weighted by Crippen LogP contribution is 2.30. The van der Waals surface area contributed by atoms with Gasteiger partial charge in [-0.2, -0.15) is 5.26 Å². The second kappa shape index (κ2) is 6.37. The van der Waals surface area contributed by atoms with Crippen molar-refractivity contribution in [2.75, 3.05) is 7.05 Å². The smallest absolute Gasteiger partial charge is 0.141 e. The number of hydrogen-bond donors (Lipinski definition) is 1. The Labute approximate surface area is 121 Å². The molecule has 0 aliphatic carbocycles. The largest absolute Gasteiger partial charge is 0.456 e. The number of hydrogen-bond acceptors (Lipinski definition) is 3. The monoisotopic (exact) mass is 316 g/mol. The molecule has 2 rings (SSSR count). The van der Waals surface area contributed by atoms with Crippen LogP contribution < -0.4 is 10.1 Å².